The van der Waals surface area contributed by atoms with E-state index in [1.807, 2.05) is 12.1 Å². The summed E-state index contributed by atoms with van der Waals surface area (Å²) in [7, 11) is 1.48. The van der Waals surface area contributed by atoms with E-state index in [1.165, 1.54) is 18.2 Å². The molecule has 0 radical (unpaired) electrons. The number of para-hydroxylation sites is 1. The first kappa shape index (κ1) is 23.3. The number of benzene rings is 2. The lowest BCUT2D eigenvalue weighted by Gasteiger charge is -2.48. The van der Waals surface area contributed by atoms with Crippen LogP contribution in [0.4, 0.5) is 10.1 Å². The molecule has 0 bridgehead atoms. The zero-order valence-electron chi connectivity index (χ0n) is 20.2. The van der Waals surface area contributed by atoms with Crippen LogP contribution in [0.25, 0.3) is 0 Å². The minimum atomic E-state index is -0.141. The minimum Gasteiger partial charge on any atom is -0.469 e. The zero-order valence-corrected chi connectivity index (χ0v) is 20.2. The monoisotopic (exact) mass is 465 g/mol. The van der Waals surface area contributed by atoms with Gasteiger partial charge in [-0.05, 0) is 61.4 Å². The van der Waals surface area contributed by atoms with Crippen LogP contribution in [0, 0.1) is 11.7 Å². The standard InChI is InChI=1S/C28H36FN3O2/c1-34-28(33)11-10-23-20-32(24-18-21-6-2-3-7-22(21)19-24)13-12-26(23)30-14-16-31(17-15-30)27-9-5-4-8-25(27)29/h2-9,23-24,26H,10-20H2,1H3/t23-,26+/m0/s1. The normalized spacial score (nSPS) is 24.2. The predicted octanol–water partition coefficient (Wildman–Crippen LogP) is 3.76. The maximum Gasteiger partial charge on any atom is 0.305 e. The van der Waals surface area contributed by atoms with Crippen LogP contribution in [0.1, 0.15) is 30.4 Å². The molecule has 6 heteroatoms. The average molecular weight is 466 g/mol. The lowest BCUT2D eigenvalue weighted by Crippen LogP contribution is -2.58. The van der Waals surface area contributed by atoms with Gasteiger partial charge in [0.15, 0.2) is 0 Å². The van der Waals surface area contributed by atoms with Crippen molar-refractivity contribution < 1.29 is 13.9 Å². The van der Waals surface area contributed by atoms with Gasteiger partial charge in [-0.25, -0.2) is 4.39 Å². The lowest BCUT2D eigenvalue weighted by atomic mass is 9.85. The molecule has 5 rings (SSSR count). The number of fused-ring (bicyclic) bond motifs is 1. The summed E-state index contributed by atoms with van der Waals surface area (Å²) in [5.74, 6) is 0.183. The van der Waals surface area contributed by atoms with E-state index in [2.05, 4.69) is 39.0 Å². The van der Waals surface area contributed by atoms with Crippen molar-refractivity contribution in [3.63, 3.8) is 0 Å². The summed E-state index contributed by atoms with van der Waals surface area (Å²) in [6.07, 6.45) is 4.72. The highest BCUT2D eigenvalue weighted by molar-refractivity contribution is 5.69. The van der Waals surface area contributed by atoms with E-state index in [0.29, 0.717) is 30.1 Å². The van der Waals surface area contributed by atoms with Gasteiger partial charge in [-0.2, -0.15) is 0 Å². The Morgan fingerprint density at radius 3 is 2.29 bits per heavy atom. The number of esters is 1. The summed E-state index contributed by atoms with van der Waals surface area (Å²) in [6.45, 7) is 5.68. The minimum absolute atomic E-state index is 0.117. The third-order valence-corrected chi connectivity index (χ3v) is 8.19. The van der Waals surface area contributed by atoms with Gasteiger partial charge in [0.1, 0.15) is 5.82 Å². The Kier molecular flexibility index (Phi) is 7.16. The molecule has 0 N–H and O–H groups in total. The fourth-order valence-electron chi connectivity index (χ4n) is 6.35. The Morgan fingerprint density at radius 1 is 0.941 bits per heavy atom. The van der Waals surface area contributed by atoms with Gasteiger partial charge in [0.25, 0.3) is 0 Å². The summed E-state index contributed by atoms with van der Waals surface area (Å²) >= 11 is 0. The molecule has 182 valence electrons. The molecule has 2 saturated heterocycles. The Morgan fingerprint density at radius 2 is 1.62 bits per heavy atom. The summed E-state index contributed by atoms with van der Waals surface area (Å²) in [5.41, 5.74) is 3.69. The van der Waals surface area contributed by atoms with E-state index in [1.54, 1.807) is 12.1 Å². The Balaban J connectivity index is 1.23. The number of methoxy groups -OCH3 is 1. The molecule has 5 nitrogen and oxygen atoms in total. The highest BCUT2D eigenvalue weighted by Crippen LogP contribution is 2.33. The van der Waals surface area contributed by atoms with E-state index in [-0.39, 0.29) is 11.8 Å². The van der Waals surface area contributed by atoms with Crippen LogP contribution in [0.3, 0.4) is 0 Å². The molecule has 3 aliphatic rings. The second-order valence-electron chi connectivity index (χ2n) is 10.0. The summed E-state index contributed by atoms with van der Waals surface area (Å²) in [4.78, 5) is 19.4. The predicted molar refractivity (Wildman–Crippen MR) is 133 cm³/mol. The molecule has 0 spiro atoms. The number of halogens is 1. The number of piperazine rings is 1. The average Bonchev–Trinajstić information content (AvgIpc) is 3.32. The molecule has 2 atom stereocenters. The number of anilines is 1. The summed E-state index contributed by atoms with van der Waals surface area (Å²) in [5, 5.41) is 0. The van der Waals surface area contributed by atoms with Crippen molar-refractivity contribution in [2.45, 2.75) is 44.2 Å². The molecule has 2 fully saturated rings. The first-order chi connectivity index (χ1) is 16.6. The maximum absolute atomic E-state index is 14.3. The van der Waals surface area contributed by atoms with E-state index >= 15 is 0 Å². The summed E-state index contributed by atoms with van der Waals surface area (Å²) in [6, 6.07) is 16.9. The molecule has 34 heavy (non-hydrogen) atoms. The largest absolute Gasteiger partial charge is 0.469 e. The molecule has 0 unspecified atom stereocenters. The molecule has 2 aliphatic heterocycles. The highest BCUT2D eigenvalue weighted by Gasteiger charge is 2.38. The molecule has 0 aromatic heterocycles. The second kappa shape index (κ2) is 10.4. The van der Waals surface area contributed by atoms with E-state index in [0.717, 1.165) is 65.0 Å². The molecule has 2 aromatic rings. The Labute approximate surface area is 202 Å². The molecule has 0 amide bonds. The van der Waals surface area contributed by atoms with Gasteiger partial charge < -0.3 is 9.64 Å². The van der Waals surface area contributed by atoms with Crippen LogP contribution in [0.15, 0.2) is 48.5 Å². The van der Waals surface area contributed by atoms with E-state index < -0.39 is 0 Å². The van der Waals surface area contributed by atoms with Gasteiger partial charge in [-0.15, -0.1) is 0 Å². The van der Waals surface area contributed by atoms with E-state index in [4.69, 9.17) is 4.74 Å². The number of carbonyl (C=O) groups excluding carboxylic acids is 1. The van der Waals surface area contributed by atoms with Gasteiger partial charge >= 0.3 is 5.97 Å². The van der Waals surface area contributed by atoms with Crippen molar-refractivity contribution in [3.05, 3.63) is 65.5 Å². The molecule has 2 heterocycles. The first-order valence-electron chi connectivity index (χ1n) is 12.7. The fraction of sp³-hybridized carbons (Fsp3) is 0.536. The molecule has 2 aromatic carbocycles. The van der Waals surface area contributed by atoms with Crippen LogP contribution in [-0.4, -0.2) is 74.2 Å². The van der Waals surface area contributed by atoms with Crippen molar-refractivity contribution >= 4 is 11.7 Å². The first-order valence-corrected chi connectivity index (χ1v) is 12.7. The Bertz CT molecular complexity index is 966. The van der Waals surface area contributed by atoms with Gasteiger partial charge in [0.05, 0.1) is 12.8 Å². The number of likely N-dealkylation sites (tertiary alicyclic amines) is 1. The number of ether oxygens (including phenoxy) is 1. The lowest BCUT2D eigenvalue weighted by molar-refractivity contribution is -0.141. The van der Waals surface area contributed by atoms with E-state index in [9.17, 15) is 9.18 Å². The third kappa shape index (κ3) is 4.98. The van der Waals surface area contributed by atoms with Gasteiger partial charge in [-0.3, -0.25) is 14.6 Å². The van der Waals surface area contributed by atoms with Crippen molar-refractivity contribution in [2.24, 2.45) is 5.92 Å². The van der Waals surface area contributed by atoms with Crippen molar-refractivity contribution in [3.8, 4) is 0 Å². The number of hydrogen-bond donors (Lipinski definition) is 0. The highest BCUT2D eigenvalue weighted by atomic mass is 19.1. The van der Waals surface area contributed by atoms with Crippen molar-refractivity contribution in [1.29, 1.82) is 0 Å². The number of piperidine rings is 1. The van der Waals surface area contributed by atoms with Crippen LogP contribution < -0.4 is 4.90 Å². The van der Waals surface area contributed by atoms with Crippen LogP contribution in [0.2, 0.25) is 0 Å². The molecular weight excluding hydrogens is 429 g/mol. The van der Waals surface area contributed by atoms with Crippen LogP contribution >= 0.6 is 0 Å². The fourth-order valence-corrected chi connectivity index (χ4v) is 6.35. The number of rotatable bonds is 6. The Hall–Kier alpha value is -2.44. The maximum atomic E-state index is 14.3. The van der Waals surface area contributed by atoms with Gasteiger partial charge in [0, 0.05) is 51.2 Å². The molecule has 1 aliphatic carbocycles. The van der Waals surface area contributed by atoms with Gasteiger partial charge in [-0.1, -0.05) is 36.4 Å². The number of nitrogens with zero attached hydrogens (tertiary/aromatic N) is 3. The summed E-state index contributed by atoms with van der Waals surface area (Å²) < 4.78 is 19.2. The SMILES string of the molecule is COC(=O)CC[C@H]1CN(C2Cc3ccccc3C2)CC[C@H]1N1CCN(c2ccccc2F)CC1. The number of carbonyl (C=O) groups is 1. The molecular formula is C28H36FN3O2. The topological polar surface area (TPSA) is 36.0 Å². The van der Waals surface area contributed by atoms with Gasteiger partial charge in [0.2, 0.25) is 0 Å². The smallest absolute Gasteiger partial charge is 0.305 e. The second-order valence-corrected chi connectivity index (χ2v) is 10.0. The number of hydrogen-bond acceptors (Lipinski definition) is 5. The third-order valence-electron chi connectivity index (χ3n) is 8.19. The van der Waals surface area contributed by atoms with Crippen molar-refractivity contribution in [2.75, 3.05) is 51.3 Å². The van der Waals surface area contributed by atoms with Crippen molar-refractivity contribution in [1.82, 2.24) is 9.80 Å². The van der Waals surface area contributed by atoms with Crippen LogP contribution in [0.5, 0.6) is 0 Å². The quantitative estimate of drug-likeness (QED) is 0.607. The molecule has 0 saturated carbocycles. The zero-order chi connectivity index (χ0) is 23.5. The van der Waals surface area contributed by atoms with Crippen LogP contribution in [-0.2, 0) is 22.4 Å².